The summed E-state index contributed by atoms with van der Waals surface area (Å²) in [6.45, 7) is 5.27. The van der Waals surface area contributed by atoms with Crippen molar-refractivity contribution in [2.45, 2.75) is 39.3 Å². The number of hydrogen-bond acceptors (Lipinski definition) is 3. The molecule has 1 atom stereocenters. The van der Waals surface area contributed by atoms with Gasteiger partial charge in [0.1, 0.15) is 18.4 Å². The quantitative estimate of drug-likeness (QED) is 0.568. The molecule has 3 aromatic carbocycles. The fourth-order valence-electron chi connectivity index (χ4n) is 4.26. The molecule has 0 spiro atoms. The summed E-state index contributed by atoms with van der Waals surface area (Å²) >= 11 is 0. The molecule has 0 aliphatic carbocycles. The predicted octanol–water partition coefficient (Wildman–Crippen LogP) is 4.33. The number of carbonyl (C=O) groups excluding carboxylic acids is 2. The smallest absolute Gasteiger partial charge is 0.243 e. The molecule has 1 N–H and O–H groups in total. The topological polar surface area (TPSA) is 58.6 Å². The Morgan fingerprint density at radius 1 is 1.00 bits per heavy atom. The number of rotatable bonds is 7. The van der Waals surface area contributed by atoms with Crippen LogP contribution in [0.5, 0.6) is 5.75 Å². The molecule has 0 saturated heterocycles. The second-order valence-corrected chi connectivity index (χ2v) is 8.73. The molecule has 5 heteroatoms. The van der Waals surface area contributed by atoms with Crippen LogP contribution in [-0.2, 0) is 22.6 Å². The number of hydrogen-bond donors (Lipinski definition) is 1. The number of nitrogens with zero attached hydrogens (tertiary/aromatic N) is 1. The van der Waals surface area contributed by atoms with Gasteiger partial charge in [-0.2, -0.15) is 0 Å². The first kappa shape index (κ1) is 21.9. The highest BCUT2D eigenvalue weighted by molar-refractivity contribution is 5.89. The Bertz CT molecular complexity index is 1100. The Balaban J connectivity index is 1.39. The minimum absolute atomic E-state index is 0.0293. The first-order valence-corrected chi connectivity index (χ1v) is 11.3. The molecule has 166 valence electrons. The van der Waals surface area contributed by atoms with E-state index in [-0.39, 0.29) is 17.7 Å². The van der Waals surface area contributed by atoms with Gasteiger partial charge in [-0.25, -0.2) is 0 Å². The molecule has 2 amide bonds. The number of nitrogens with one attached hydrogen (secondary N) is 1. The van der Waals surface area contributed by atoms with Gasteiger partial charge in [0, 0.05) is 24.8 Å². The van der Waals surface area contributed by atoms with Gasteiger partial charge in [-0.15, -0.1) is 0 Å². The Morgan fingerprint density at radius 3 is 2.53 bits per heavy atom. The lowest BCUT2D eigenvalue weighted by Gasteiger charge is -2.36. The van der Waals surface area contributed by atoms with Gasteiger partial charge in [-0.3, -0.25) is 9.59 Å². The van der Waals surface area contributed by atoms with Gasteiger partial charge in [-0.05, 0) is 28.5 Å². The van der Waals surface area contributed by atoms with E-state index in [1.807, 2.05) is 80.6 Å². The molecule has 0 aromatic heterocycles. The first-order chi connectivity index (χ1) is 15.5. The Morgan fingerprint density at radius 2 is 1.72 bits per heavy atom. The molecule has 3 aromatic rings. The molecule has 0 fully saturated rings. The number of benzene rings is 3. The lowest BCUT2D eigenvalue weighted by molar-refractivity contribution is -0.142. The maximum Gasteiger partial charge on any atom is 0.243 e. The van der Waals surface area contributed by atoms with Crippen molar-refractivity contribution in [3.63, 3.8) is 0 Å². The molecular weight excluding hydrogens is 400 g/mol. The third-order valence-corrected chi connectivity index (χ3v) is 5.86. The summed E-state index contributed by atoms with van der Waals surface area (Å²) in [6, 6.07) is 21.6. The van der Waals surface area contributed by atoms with Gasteiger partial charge in [0.2, 0.25) is 11.8 Å². The van der Waals surface area contributed by atoms with E-state index in [9.17, 15) is 9.59 Å². The molecule has 1 unspecified atom stereocenters. The van der Waals surface area contributed by atoms with Crippen molar-refractivity contribution in [2.24, 2.45) is 5.92 Å². The van der Waals surface area contributed by atoms with Gasteiger partial charge in [-0.1, -0.05) is 74.5 Å². The van der Waals surface area contributed by atoms with Crippen LogP contribution in [0.3, 0.4) is 0 Å². The molecule has 1 heterocycles. The fourth-order valence-corrected chi connectivity index (χ4v) is 4.26. The van der Waals surface area contributed by atoms with Gasteiger partial charge >= 0.3 is 0 Å². The van der Waals surface area contributed by atoms with E-state index >= 15 is 0 Å². The highest BCUT2D eigenvalue weighted by Gasteiger charge is 2.34. The predicted molar refractivity (Wildman–Crippen MR) is 126 cm³/mol. The third-order valence-electron chi connectivity index (χ3n) is 5.86. The first-order valence-electron chi connectivity index (χ1n) is 11.3. The van der Waals surface area contributed by atoms with Crippen molar-refractivity contribution >= 4 is 22.6 Å². The number of carbonyl (C=O) groups is 2. The van der Waals surface area contributed by atoms with Crippen molar-refractivity contribution in [1.82, 2.24) is 10.2 Å². The van der Waals surface area contributed by atoms with E-state index in [1.165, 1.54) is 0 Å². The van der Waals surface area contributed by atoms with Crippen molar-refractivity contribution in [1.29, 1.82) is 0 Å². The summed E-state index contributed by atoms with van der Waals surface area (Å²) in [7, 11) is 0. The van der Waals surface area contributed by atoms with Crippen LogP contribution in [0.4, 0.5) is 0 Å². The standard InChI is InChI=1S/C27H30N2O3/c1-19(2)16-26(30)29-18-22-10-4-3-9-21(22)17-24(29)27(31)28-14-15-32-25-13-7-11-20-8-5-6-12-23(20)25/h3-13,19,24H,14-18H2,1-2H3,(H,28,31). The van der Waals surface area contributed by atoms with Gasteiger partial charge < -0.3 is 15.0 Å². The highest BCUT2D eigenvalue weighted by Crippen LogP contribution is 2.26. The van der Waals surface area contributed by atoms with E-state index in [1.54, 1.807) is 4.90 Å². The van der Waals surface area contributed by atoms with E-state index in [4.69, 9.17) is 4.74 Å². The Kier molecular flexibility index (Phi) is 6.74. The van der Waals surface area contributed by atoms with Crippen LogP contribution < -0.4 is 10.1 Å². The fraction of sp³-hybridized carbons (Fsp3) is 0.333. The molecule has 1 aliphatic heterocycles. The molecule has 5 nitrogen and oxygen atoms in total. The average Bonchev–Trinajstić information content (AvgIpc) is 2.80. The average molecular weight is 431 g/mol. The zero-order valence-corrected chi connectivity index (χ0v) is 18.7. The number of fused-ring (bicyclic) bond motifs is 2. The second-order valence-electron chi connectivity index (χ2n) is 8.73. The van der Waals surface area contributed by atoms with Crippen LogP contribution in [-0.4, -0.2) is 35.9 Å². The van der Waals surface area contributed by atoms with Crippen LogP contribution in [0.1, 0.15) is 31.4 Å². The molecule has 0 saturated carbocycles. The van der Waals surface area contributed by atoms with Crippen LogP contribution in [0, 0.1) is 5.92 Å². The highest BCUT2D eigenvalue weighted by atomic mass is 16.5. The van der Waals surface area contributed by atoms with Crippen LogP contribution in [0.15, 0.2) is 66.7 Å². The molecular formula is C27H30N2O3. The largest absolute Gasteiger partial charge is 0.491 e. The maximum absolute atomic E-state index is 13.1. The molecule has 4 rings (SSSR count). The van der Waals surface area contributed by atoms with E-state index in [0.29, 0.717) is 32.5 Å². The van der Waals surface area contributed by atoms with Crippen molar-refractivity contribution in [3.8, 4) is 5.75 Å². The lowest BCUT2D eigenvalue weighted by Crippen LogP contribution is -2.53. The molecule has 0 bridgehead atoms. The SMILES string of the molecule is CC(C)CC(=O)N1Cc2ccccc2CC1C(=O)NCCOc1cccc2ccccc12. The number of ether oxygens (including phenoxy) is 1. The van der Waals surface area contributed by atoms with Crippen molar-refractivity contribution in [2.75, 3.05) is 13.2 Å². The molecule has 32 heavy (non-hydrogen) atoms. The second kappa shape index (κ2) is 9.86. The van der Waals surface area contributed by atoms with Crippen LogP contribution in [0.25, 0.3) is 10.8 Å². The zero-order valence-electron chi connectivity index (χ0n) is 18.7. The summed E-state index contributed by atoms with van der Waals surface area (Å²) in [5.41, 5.74) is 2.25. The van der Waals surface area contributed by atoms with Crippen LogP contribution >= 0.6 is 0 Å². The summed E-state index contributed by atoms with van der Waals surface area (Å²) in [4.78, 5) is 27.7. The summed E-state index contributed by atoms with van der Waals surface area (Å²) in [5.74, 6) is 0.954. The Labute approximate surface area is 189 Å². The normalized spacial score (nSPS) is 15.5. The van der Waals surface area contributed by atoms with E-state index < -0.39 is 6.04 Å². The molecule has 1 aliphatic rings. The van der Waals surface area contributed by atoms with Gasteiger partial charge in [0.15, 0.2) is 0 Å². The summed E-state index contributed by atoms with van der Waals surface area (Å²) in [6.07, 6.45) is 0.978. The minimum atomic E-state index is -0.492. The van der Waals surface area contributed by atoms with Gasteiger partial charge in [0.25, 0.3) is 0 Å². The number of amides is 2. The van der Waals surface area contributed by atoms with Gasteiger partial charge in [0.05, 0.1) is 6.54 Å². The maximum atomic E-state index is 13.1. The zero-order chi connectivity index (χ0) is 22.5. The summed E-state index contributed by atoms with van der Waals surface area (Å²) < 4.78 is 5.94. The Hall–Kier alpha value is -3.34. The van der Waals surface area contributed by atoms with Crippen molar-refractivity contribution < 1.29 is 14.3 Å². The monoisotopic (exact) mass is 430 g/mol. The minimum Gasteiger partial charge on any atom is -0.491 e. The lowest BCUT2D eigenvalue weighted by atomic mass is 9.92. The molecule has 0 radical (unpaired) electrons. The van der Waals surface area contributed by atoms with Crippen molar-refractivity contribution in [3.05, 3.63) is 77.9 Å². The van der Waals surface area contributed by atoms with E-state index in [0.717, 1.165) is 27.6 Å². The summed E-state index contributed by atoms with van der Waals surface area (Å²) in [5, 5.41) is 5.15. The third kappa shape index (κ3) is 4.93. The van der Waals surface area contributed by atoms with E-state index in [2.05, 4.69) is 5.32 Å². The van der Waals surface area contributed by atoms with Crippen LogP contribution in [0.2, 0.25) is 0 Å².